The molecule has 1 fully saturated rings. The molecule has 10 nitrogen and oxygen atoms in total. The van der Waals surface area contributed by atoms with E-state index in [1.807, 2.05) is 66.4 Å². The van der Waals surface area contributed by atoms with E-state index in [0.717, 1.165) is 26.4 Å². The van der Waals surface area contributed by atoms with E-state index in [1.54, 1.807) is 30.9 Å². The van der Waals surface area contributed by atoms with Gasteiger partial charge in [-0.15, -0.1) is 0 Å². The summed E-state index contributed by atoms with van der Waals surface area (Å²) in [5.41, 5.74) is 3.63. The zero-order valence-electron chi connectivity index (χ0n) is 25.9. The van der Waals surface area contributed by atoms with Crippen molar-refractivity contribution in [2.45, 2.75) is 34.3 Å². The number of likely N-dealkylation sites (tertiary alicyclic amines) is 1. The first kappa shape index (κ1) is 31.5. The van der Waals surface area contributed by atoms with E-state index in [9.17, 15) is 9.59 Å². The Hall–Kier alpha value is -5.14. The molecule has 13 heteroatoms. The van der Waals surface area contributed by atoms with E-state index in [4.69, 9.17) is 0 Å². The monoisotopic (exact) mass is 678 g/mol. The van der Waals surface area contributed by atoms with Gasteiger partial charge in [-0.25, -0.2) is 24.3 Å². The third-order valence-electron chi connectivity index (χ3n) is 8.56. The summed E-state index contributed by atoms with van der Waals surface area (Å²) in [7, 11) is 0. The van der Waals surface area contributed by atoms with Gasteiger partial charge in [-0.1, -0.05) is 53.4 Å². The number of carbonyl (C=O) groups is 2. The summed E-state index contributed by atoms with van der Waals surface area (Å²) in [5, 5.41) is 6.77. The molecule has 242 valence electrons. The Morgan fingerprint density at radius 2 is 1.81 bits per heavy atom. The standard InChI is InChI=1S/C35H31FN8O2S2/c1-22-9-13-37-28(17-22)43-34-39-19-29(48-34)47-27-10-14-38-31(30(27)36)32(45)40-20-35(24-5-3-2-4-6-24)11-15-44(16-12-35)33(46)23-7-8-25-26(18-23)42-21-41-25/h2-10,13-14,17-19,21H,11-12,15-16,20H2,1H3,(H,40,45)(H,41,42)(H,37,39,43). The minimum absolute atomic E-state index is 0.0477. The van der Waals surface area contributed by atoms with Crippen LogP contribution in [0.4, 0.5) is 15.3 Å². The van der Waals surface area contributed by atoms with E-state index >= 15 is 4.39 Å². The first-order chi connectivity index (χ1) is 23.4. The van der Waals surface area contributed by atoms with Crippen LogP contribution in [-0.2, 0) is 5.41 Å². The van der Waals surface area contributed by atoms with Crippen molar-refractivity contribution in [1.29, 1.82) is 0 Å². The Labute approximate surface area is 284 Å². The van der Waals surface area contributed by atoms with Gasteiger partial charge in [0, 0.05) is 43.0 Å². The Bertz CT molecular complexity index is 2090. The number of hydrogen-bond donors (Lipinski definition) is 3. The SMILES string of the molecule is Cc1ccnc(Nc2ncc(Sc3ccnc(C(=O)NCC4(c5ccccc5)CCN(C(=O)c5ccc6nc[nH]c6c5)CC4)c3F)s2)c1. The number of aromatic amines is 1. The summed E-state index contributed by atoms with van der Waals surface area (Å²) in [6, 6.07) is 20.8. The van der Waals surface area contributed by atoms with Crippen LogP contribution < -0.4 is 10.6 Å². The molecule has 2 aromatic carbocycles. The molecule has 0 bridgehead atoms. The first-order valence-electron chi connectivity index (χ1n) is 15.4. The second-order valence-corrected chi connectivity index (χ2v) is 14.0. The average molecular weight is 679 g/mol. The molecular weight excluding hydrogens is 648 g/mol. The summed E-state index contributed by atoms with van der Waals surface area (Å²) >= 11 is 2.54. The number of carbonyl (C=O) groups excluding carboxylic acids is 2. The Balaban J connectivity index is 1.03. The minimum atomic E-state index is -0.688. The molecule has 0 atom stereocenters. The number of fused-ring (bicyclic) bond motifs is 1. The quantitative estimate of drug-likeness (QED) is 0.153. The first-order valence-corrected chi connectivity index (χ1v) is 17.0. The number of pyridine rings is 2. The molecule has 7 rings (SSSR count). The third kappa shape index (κ3) is 6.64. The van der Waals surface area contributed by atoms with Crippen molar-refractivity contribution in [3.05, 3.63) is 120 Å². The van der Waals surface area contributed by atoms with Gasteiger partial charge >= 0.3 is 0 Å². The fourth-order valence-electron chi connectivity index (χ4n) is 5.93. The largest absolute Gasteiger partial charge is 0.350 e. The molecule has 0 aliphatic carbocycles. The van der Waals surface area contributed by atoms with Gasteiger partial charge in [0.1, 0.15) is 5.82 Å². The number of hydrogen-bond acceptors (Lipinski definition) is 9. The summed E-state index contributed by atoms with van der Waals surface area (Å²) in [6.07, 6.45) is 7.68. The molecular formula is C35H31FN8O2S2. The molecule has 4 aromatic heterocycles. The number of nitrogens with one attached hydrogen (secondary N) is 3. The van der Waals surface area contributed by atoms with Gasteiger partial charge in [-0.2, -0.15) is 0 Å². The van der Waals surface area contributed by atoms with E-state index in [1.165, 1.54) is 29.3 Å². The maximum Gasteiger partial charge on any atom is 0.273 e. The van der Waals surface area contributed by atoms with Crippen LogP contribution in [0.1, 0.15) is 44.8 Å². The number of H-pyrrole nitrogens is 1. The van der Waals surface area contributed by atoms with Gasteiger partial charge in [-0.3, -0.25) is 9.59 Å². The zero-order chi connectivity index (χ0) is 33.1. The minimum Gasteiger partial charge on any atom is -0.350 e. The molecule has 48 heavy (non-hydrogen) atoms. The summed E-state index contributed by atoms with van der Waals surface area (Å²) in [5.74, 6) is -0.651. The summed E-state index contributed by atoms with van der Waals surface area (Å²) in [6.45, 7) is 3.27. The van der Waals surface area contributed by atoms with Crippen LogP contribution in [0.3, 0.4) is 0 Å². The van der Waals surface area contributed by atoms with Gasteiger partial charge in [-0.05, 0) is 67.3 Å². The highest BCUT2D eigenvalue weighted by Crippen LogP contribution is 2.38. The van der Waals surface area contributed by atoms with Gasteiger partial charge in [0.25, 0.3) is 11.8 Å². The number of amides is 2. The van der Waals surface area contributed by atoms with Crippen molar-refractivity contribution in [3.63, 3.8) is 0 Å². The van der Waals surface area contributed by atoms with Crippen LogP contribution in [-0.4, -0.2) is 61.3 Å². The molecule has 0 radical (unpaired) electrons. The average Bonchev–Trinajstić information content (AvgIpc) is 3.77. The highest BCUT2D eigenvalue weighted by Gasteiger charge is 2.38. The van der Waals surface area contributed by atoms with Crippen LogP contribution >= 0.6 is 23.1 Å². The highest BCUT2D eigenvalue weighted by atomic mass is 32.2. The maximum absolute atomic E-state index is 15.7. The second kappa shape index (κ2) is 13.5. The van der Waals surface area contributed by atoms with Gasteiger partial charge < -0.3 is 20.5 Å². The van der Waals surface area contributed by atoms with E-state index in [2.05, 4.69) is 35.6 Å². The van der Waals surface area contributed by atoms with Crippen LogP contribution in [0.5, 0.6) is 0 Å². The zero-order valence-corrected chi connectivity index (χ0v) is 27.6. The molecule has 0 spiro atoms. The lowest BCUT2D eigenvalue weighted by atomic mass is 9.72. The maximum atomic E-state index is 15.7. The van der Waals surface area contributed by atoms with Crippen molar-refractivity contribution < 1.29 is 14.0 Å². The van der Waals surface area contributed by atoms with Crippen LogP contribution in [0.2, 0.25) is 0 Å². The summed E-state index contributed by atoms with van der Waals surface area (Å²) in [4.78, 5) is 49.1. The fourth-order valence-corrected chi connectivity index (χ4v) is 7.80. The number of piperidine rings is 1. The summed E-state index contributed by atoms with van der Waals surface area (Å²) < 4.78 is 16.5. The number of aromatic nitrogens is 5. The topological polar surface area (TPSA) is 129 Å². The Morgan fingerprint density at radius 3 is 2.62 bits per heavy atom. The van der Waals surface area contributed by atoms with Gasteiger partial charge in [0.15, 0.2) is 16.6 Å². The van der Waals surface area contributed by atoms with E-state index in [0.29, 0.717) is 42.4 Å². The molecule has 0 unspecified atom stereocenters. The molecule has 6 aromatic rings. The fraction of sp³-hybridized carbons (Fsp3) is 0.200. The number of nitrogens with zero attached hydrogens (tertiary/aromatic N) is 5. The number of rotatable bonds is 9. The number of anilines is 2. The number of thiazole rings is 1. The highest BCUT2D eigenvalue weighted by molar-refractivity contribution is 8.01. The van der Waals surface area contributed by atoms with Crippen molar-refractivity contribution in [1.82, 2.24) is 35.1 Å². The molecule has 5 heterocycles. The number of aryl methyl sites for hydroxylation is 1. The lowest BCUT2D eigenvalue weighted by molar-refractivity contribution is 0.0656. The molecule has 3 N–H and O–H groups in total. The van der Waals surface area contributed by atoms with Gasteiger partial charge in [0.2, 0.25) is 0 Å². The van der Waals surface area contributed by atoms with Gasteiger partial charge in [0.05, 0.1) is 32.7 Å². The predicted molar refractivity (Wildman–Crippen MR) is 184 cm³/mol. The number of halogens is 1. The third-order valence-corrected chi connectivity index (χ3v) is 10.6. The second-order valence-electron chi connectivity index (χ2n) is 11.7. The normalized spacial score (nSPS) is 14.2. The Kier molecular flexibility index (Phi) is 8.87. The molecule has 2 amide bonds. The number of benzene rings is 2. The smallest absolute Gasteiger partial charge is 0.273 e. The van der Waals surface area contributed by atoms with E-state index < -0.39 is 17.1 Å². The Morgan fingerprint density at radius 1 is 1.00 bits per heavy atom. The number of imidazole rings is 1. The van der Waals surface area contributed by atoms with Crippen molar-refractivity contribution in [2.75, 3.05) is 25.0 Å². The van der Waals surface area contributed by atoms with E-state index in [-0.39, 0.29) is 23.0 Å². The van der Waals surface area contributed by atoms with Crippen molar-refractivity contribution in [2.24, 2.45) is 0 Å². The van der Waals surface area contributed by atoms with Crippen molar-refractivity contribution >= 4 is 56.9 Å². The van der Waals surface area contributed by atoms with Crippen LogP contribution in [0.25, 0.3) is 11.0 Å². The van der Waals surface area contributed by atoms with Crippen LogP contribution in [0.15, 0.2) is 101 Å². The molecule has 1 aliphatic heterocycles. The lowest BCUT2D eigenvalue weighted by Crippen LogP contribution is -2.50. The van der Waals surface area contributed by atoms with Crippen molar-refractivity contribution in [3.8, 4) is 0 Å². The molecule has 1 saturated heterocycles. The molecule has 1 aliphatic rings. The molecule has 0 saturated carbocycles. The lowest BCUT2D eigenvalue weighted by Gasteiger charge is -2.42. The van der Waals surface area contributed by atoms with Crippen LogP contribution in [0, 0.1) is 12.7 Å². The predicted octanol–water partition coefficient (Wildman–Crippen LogP) is 6.76.